The molecule has 9 heteroatoms. The number of nitrogens with zero attached hydrogens (tertiary/aromatic N) is 4. The topological polar surface area (TPSA) is 107 Å². The van der Waals surface area contributed by atoms with Crippen LogP contribution >= 0.6 is 0 Å². The van der Waals surface area contributed by atoms with E-state index in [2.05, 4.69) is 20.8 Å². The molecule has 1 unspecified atom stereocenters. The number of benzene rings is 1. The Morgan fingerprint density at radius 3 is 2.65 bits per heavy atom. The molecule has 2 aromatic rings. The van der Waals surface area contributed by atoms with Gasteiger partial charge in [0.15, 0.2) is 15.7 Å². The van der Waals surface area contributed by atoms with E-state index in [-0.39, 0.29) is 5.82 Å². The number of tetrazole rings is 1. The second-order valence-electron chi connectivity index (χ2n) is 5.08. The number of aromatic nitrogens is 4. The molecule has 1 N–H and O–H groups in total. The Morgan fingerprint density at radius 1 is 1.30 bits per heavy atom. The van der Waals surface area contributed by atoms with E-state index in [0.29, 0.717) is 12.2 Å². The minimum Gasteiger partial charge on any atom is -0.355 e. The van der Waals surface area contributed by atoms with Crippen LogP contribution in [0.5, 0.6) is 0 Å². The third kappa shape index (κ3) is 4.13. The largest absolute Gasteiger partial charge is 0.355 e. The number of amides is 1. The van der Waals surface area contributed by atoms with Gasteiger partial charge >= 0.3 is 0 Å². The van der Waals surface area contributed by atoms with Crippen molar-refractivity contribution in [1.82, 2.24) is 25.5 Å². The van der Waals surface area contributed by atoms with Gasteiger partial charge < -0.3 is 5.32 Å². The third-order valence-electron chi connectivity index (χ3n) is 3.32. The number of sulfone groups is 1. The summed E-state index contributed by atoms with van der Waals surface area (Å²) in [6.45, 7) is 3.71. The van der Waals surface area contributed by atoms with Gasteiger partial charge in [0.25, 0.3) is 0 Å². The summed E-state index contributed by atoms with van der Waals surface area (Å²) in [6, 6.07) is 8.98. The van der Waals surface area contributed by atoms with E-state index in [1.165, 1.54) is 11.6 Å². The zero-order valence-corrected chi connectivity index (χ0v) is 13.8. The molecule has 0 radical (unpaired) electrons. The molecule has 0 aliphatic rings. The van der Waals surface area contributed by atoms with Crippen molar-refractivity contribution in [3.05, 3.63) is 36.2 Å². The zero-order chi connectivity index (χ0) is 16.9. The highest BCUT2D eigenvalue weighted by atomic mass is 32.2. The van der Waals surface area contributed by atoms with Crippen molar-refractivity contribution in [3.63, 3.8) is 0 Å². The van der Waals surface area contributed by atoms with Crippen LogP contribution in [0.2, 0.25) is 0 Å². The molecule has 124 valence electrons. The van der Waals surface area contributed by atoms with E-state index in [1.54, 1.807) is 24.3 Å². The Labute approximate surface area is 134 Å². The van der Waals surface area contributed by atoms with Gasteiger partial charge in [0.2, 0.25) is 5.91 Å². The normalized spacial score (nSPS) is 12.8. The Hall–Kier alpha value is -2.29. The van der Waals surface area contributed by atoms with Crippen molar-refractivity contribution in [2.24, 2.45) is 0 Å². The van der Waals surface area contributed by atoms with Crippen molar-refractivity contribution < 1.29 is 13.2 Å². The fraction of sp³-hybridized carbons (Fsp3) is 0.429. The SMILES string of the molecule is CCCNC(=O)C(C)S(=O)(=O)Cc1nnnn1-c1ccccc1. The fourth-order valence-electron chi connectivity index (χ4n) is 1.93. The standard InChI is InChI=1S/C14H19N5O3S/c1-3-9-15-14(20)11(2)23(21,22)10-13-16-17-18-19(13)12-7-5-4-6-8-12/h4-8,11H,3,9-10H2,1-2H3,(H,15,20). The molecule has 0 aliphatic heterocycles. The van der Waals surface area contributed by atoms with Crippen LogP contribution in [-0.2, 0) is 20.4 Å². The molecule has 1 heterocycles. The lowest BCUT2D eigenvalue weighted by molar-refractivity contribution is -0.120. The molecule has 0 saturated carbocycles. The third-order valence-corrected chi connectivity index (χ3v) is 5.27. The molecule has 1 aromatic heterocycles. The monoisotopic (exact) mass is 337 g/mol. The summed E-state index contributed by atoms with van der Waals surface area (Å²) in [7, 11) is -3.72. The highest BCUT2D eigenvalue weighted by Crippen LogP contribution is 2.13. The first-order chi connectivity index (χ1) is 11.0. The molecule has 1 amide bonds. The van der Waals surface area contributed by atoms with Gasteiger partial charge in [0, 0.05) is 6.54 Å². The average molecular weight is 337 g/mol. The number of hydrogen-bond donors (Lipinski definition) is 1. The maximum absolute atomic E-state index is 12.4. The van der Waals surface area contributed by atoms with Gasteiger partial charge in [-0.25, -0.2) is 8.42 Å². The second-order valence-corrected chi connectivity index (χ2v) is 7.40. The fourth-order valence-corrected chi connectivity index (χ4v) is 3.12. The molecule has 0 fully saturated rings. The maximum Gasteiger partial charge on any atom is 0.238 e. The average Bonchev–Trinajstić information content (AvgIpc) is 3.00. The summed E-state index contributed by atoms with van der Waals surface area (Å²) in [5, 5.41) is 12.6. The first-order valence-corrected chi connectivity index (χ1v) is 8.99. The van der Waals surface area contributed by atoms with E-state index in [4.69, 9.17) is 0 Å². The molecule has 2 rings (SSSR count). The van der Waals surface area contributed by atoms with Gasteiger partial charge in [0.1, 0.15) is 11.0 Å². The van der Waals surface area contributed by atoms with Gasteiger partial charge in [-0.2, -0.15) is 4.68 Å². The van der Waals surface area contributed by atoms with Crippen LogP contribution in [0.25, 0.3) is 5.69 Å². The predicted octanol–water partition coefficient (Wildman–Crippen LogP) is 0.492. The van der Waals surface area contributed by atoms with Gasteiger partial charge in [-0.1, -0.05) is 25.1 Å². The van der Waals surface area contributed by atoms with Crippen molar-refractivity contribution in [3.8, 4) is 5.69 Å². The Balaban J connectivity index is 2.19. The van der Waals surface area contributed by atoms with E-state index >= 15 is 0 Å². The quantitative estimate of drug-likeness (QED) is 0.788. The molecule has 0 aliphatic carbocycles. The van der Waals surface area contributed by atoms with Crippen LogP contribution < -0.4 is 5.32 Å². The molecule has 8 nitrogen and oxygen atoms in total. The van der Waals surface area contributed by atoms with Crippen LogP contribution in [0, 0.1) is 0 Å². The molecule has 23 heavy (non-hydrogen) atoms. The lowest BCUT2D eigenvalue weighted by atomic mass is 10.3. The number of carbonyl (C=O) groups excluding carboxylic acids is 1. The molecular formula is C14H19N5O3S. The van der Waals surface area contributed by atoms with Crippen LogP contribution in [0.1, 0.15) is 26.1 Å². The van der Waals surface area contributed by atoms with Gasteiger partial charge in [-0.15, -0.1) is 5.10 Å². The summed E-state index contributed by atoms with van der Waals surface area (Å²) < 4.78 is 26.2. The molecule has 1 atom stereocenters. The van der Waals surface area contributed by atoms with Crippen LogP contribution in [0.4, 0.5) is 0 Å². The van der Waals surface area contributed by atoms with Crippen molar-refractivity contribution in [1.29, 1.82) is 0 Å². The second kappa shape index (κ2) is 7.32. The first kappa shape index (κ1) is 17.1. The summed E-state index contributed by atoms with van der Waals surface area (Å²) in [5.41, 5.74) is 0.658. The lowest BCUT2D eigenvalue weighted by Crippen LogP contribution is -2.39. The van der Waals surface area contributed by atoms with E-state index in [1.807, 2.05) is 13.0 Å². The highest BCUT2D eigenvalue weighted by Gasteiger charge is 2.30. The van der Waals surface area contributed by atoms with E-state index in [0.717, 1.165) is 6.42 Å². The molecule has 0 spiro atoms. The van der Waals surface area contributed by atoms with Crippen LogP contribution in [0.3, 0.4) is 0 Å². The molecule has 1 aromatic carbocycles. The highest BCUT2D eigenvalue weighted by molar-refractivity contribution is 7.92. The summed E-state index contributed by atoms with van der Waals surface area (Å²) in [6.07, 6.45) is 0.741. The molecule has 0 bridgehead atoms. The number of rotatable bonds is 7. The number of carbonyl (C=O) groups is 1. The van der Waals surface area contributed by atoms with Crippen LogP contribution in [-0.4, -0.2) is 46.3 Å². The minimum atomic E-state index is -3.72. The van der Waals surface area contributed by atoms with Crippen LogP contribution in [0.15, 0.2) is 30.3 Å². The number of para-hydroxylation sites is 1. The summed E-state index contributed by atoms with van der Waals surface area (Å²) in [4.78, 5) is 11.9. The van der Waals surface area contributed by atoms with Crippen molar-refractivity contribution in [2.45, 2.75) is 31.3 Å². The summed E-state index contributed by atoms with van der Waals surface area (Å²) >= 11 is 0. The van der Waals surface area contributed by atoms with E-state index < -0.39 is 26.7 Å². The zero-order valence-electron chi connectivity index (χ0n) is 13.0. The molecule has 0 saturated heterocycles. The summed E-state index contributed by atoms with van der Waals surface area (Å²) in [5.74, 6) is -0.743. The molecular weight excluding hydrogens is 318 g/mol. The smallest absolute Gasteiger partial charge is 0.238 e. The van der Waals surface area contributed by atoms with Gasteiger partial charge in [-0.3, -0.25) is 4.79 Å². The van der Waals surface area contributed by atoms with Gasteiger partial charge in [0.05, 0.1) is 5.69 Å². The van der Waals surface area contributed by atoms with Crippen molar-refractivity contribution in [2.75, 3.05) is 6.54 Å². The number of hydrogen-bond acceptors (Lipinski definition) is 6. The minimum absolute atomic E-state index is 0.173. The lowest BCUT2D eigenvalue weighted by Gasteiger charge is -2.12. The number of nitrogens with one attached hydrogen (secondary N) is 1. The predicted molar refractivity (Wildman–Crippen MR) is 84.5 cm³/mol. The Bertz CT molecular complexity index is 758. The maximum atomic E-state index is 12.4. The Kier molecular flexibility index (Phi) is 5.43. The van der Waals surface area contributed by atoms with Gasteiger partial charge in [-0.05, 0) is 35.9 Å². The van der Waals surface area contributed by atoms with Crippen molar-refractivity contribution >= 4 is 15.7 Å². The first-order valence-electron chi connectivity index (χ1n) is 7.27. The van der Waals surface area contributed by atoms with E-state index in [9.17, 15) is 13.2 Å². The Morgan fingerprint density at radius 2 is 2.00 bits per heavy atom.